The Kier molecular flexibility index (Phi) is 6.38. The van der Waals surface area contributed by atoms with Gasteiger partial charge in [-0.1, -0.05) is 26.7 Å². The molecule has 2 fully saturated rings. The number of epoxide rings is 1. The third kappa shape index (κ3) is 4.83. The van der Waals surface area contributed by atoms with E-state index in [1.54, 1.807) is 18.4 Å². The summed E-state index contributed by atoms with van der Waals surface area (Å²) in [6.45, 7) is 5.12. The van der Waals surface area contributed by atoms with Gasteiger partial charge in [-0.15, -0.1) is 23.1 Å². The summed E-state index contributed by atoms with van der Waals surface area (Å²) in [5.41, 5.74) is 4.18. The van der Waals surface area contributed by atoms with Crippen molar-refractivity contribution in [2.24, 2.45) is 5.41 Å². The minimum atomic E-state index is -0.0642. The number of nitrogens with one attached hydrogen (secondary N) is 1. The first-order chi connectivity index (χ1) is 17.4. The van der Waals surface area contributed by atoms with Gasteiger partial charge in [-0.2, -0.15) is 5.10 Å². The summed E-state index contributed by atoms with van der Waals surface area (Å²) in [5, 5.41) is 9.00. The van der Waals surface area contributed by atoms with Crippen LogP contribution >= 0.6 is 23.1 Å². The fourth-order valence-electron chi connectivity index (χ4n) is 5.45. The molecule has 3 aliphatic rings. The SMILES string of the molecule is COc1ccc(NCC2OC2n2ccc(-c3sc(SC4CCCC4)c4c3CC(C)(C)CC4=O)n2)cc1. The Morgan fingerprint density at radius 2 is 1.97 bits per heavy atom. The van der Waals surface area contributed by atoms with E-state index in [9.17, 15) is 4.79 Å². The fourth-order valence-corrected chi connectivity index (χ4v) is 8.56. The number of ketones is 1. The topological polar surface area (TPSA) is 68.7 Å². The van der Waals surface area contributed by atoms with Gasteiger partial charge in [0, 0.05) is 35.7 Å². The van der Waals surface area contributed by atoms with Crippen molar-refractivity contribution < 1.29 is 14.3 Å². The second-order valence-corrected chi connectivity index (χ2v) is 13.5. The van der Waals surface area contributed by atoms with Crippen molar-refractivity contribution in [2.75, 3.05) is 19.0 Å². The van der Waals surface area contributed by atoms with Gasteiger partial charge in [0.1, 0.15) is 17.5 Å². The van der Waals surface area contributed by atoms with Gasteiger partial charge in [-0.3, -0.25) is 4.79 Å². The molecule has 3 heterocycles. The molecule has 2 aromatic heterocycles. The maximum atomic E-state index is 13.3. The number of nitrogens with zero attached hydrogens (tertiary/aromatic N) is 2. The van der Waals surface area contributed by atoms with E-state index in [2.05, 4.69) is 25.2 Å². The molecule has 0 spiro atoms. The normalized spacial score (nSPS) is 23.0. The van der Waals surface area contributed by atoms with Crippen LogP contribution in [0.1, 0.15) is 68.1 Å². The second-order valence-electron chi connectivity index (χ2n) is 10.9. The zero-order valence-electron chi connectivity index (χ0n) is 21.1. The number of benzene rings is 1. The highest BCUT2D eigenvalue weighted by Crippen LogP contribution is 2.50. The summed E-state index contributed by atoms with van der Waals surface area (Å²) >= 11 is 3.72. The van der Waals surface area contributed by atoms with E-state index in [4.69, 9.17) is 14.6 Å². The number of thioether (sulfide) groups is 1. The monoisotopic (exact) mass is 523 g/mol. The van der Waals surface area contributed by atoms with Crippen molar-refractivity contribution in [3.63, 3.8) is 0 Å². The molecule has 190 valence electrons. The third-order valence-electron chi connectivity index (χ3n) is 7.38. The fraction of sp³-hybridized carbons (Fsp3) is 0.500. The highest BCUT2D eigenvalue weighted by molar-refractivity contribution is 8.01. The van der Waals surface area contributed by atoms with E-state index in [0.717, 1.165) is 29.1 Å². The van der Waals surface area contributed by atoms with Crippen LogP contribution in [0.3, 0.4) is 0 Å². The number of methoxy groups -OCH3 is 1. The number of ether oxygens (including phenoxy) is 2. The highest BCUT2D eigenvalue weighted by Gasteiger charge is 2.42. The van der Waals surface area contributed by atoms with Crippen LogP contribution in [0.2, 0.25) is 0 Å². The first-order valence-electron chi connectivity index (χ1n) is 12.8. The quantitative estimate of drug-likeness (QED) is 0.327. The number of carbonyl (C=O) groups excluding carboxylic acids is 1. The molecule has 2 atom stereocenters. The molecule has 8 heteroatoms. The summed E-state index contributed by atoms with van der Waals surface area (Å²) in [6.07, 6.45) is 8.70. The van der Waals surface area contributed by atoms with E-state index in [1.165, 1.54) is 40.3 Å². The Morgan fingerprint density at radius 1 is 1.19 bits per heavy atom. The van der Waals surface area contributed by atoms with Gasteiger partial charge in [0.15, 0.2) is 12.0 Å². The van der Waals surface area contributed by atoms with E-state index < -0.39 is 0 Å². The highest BCUT2D eigenvalue weighted by atomic mass is 32.2. The van der Waals surface area contributed by atoms with Crippen LogP contribution in [0.5, 0.6) is 5.75 Å². The molecule has 36 heavy (non-hydrogen) atoms. The number of hydrogen-bond donors (Lipinski definition) is 1. The van der Waals surface area contributed by atoms with Crippen molar-refractivity contribution in [3.05, 3.63) is 47.7 Å². The van der Waals surface area contributed by atoms with E-state index in [1.807, 2.05) is 46.9 Å². The van der Waals surface area contributed by atoms with Crippen LogP contribution in [-0.4, -0.2) is 40.6 Å². The van der Waals surface area contributed by atoms with E-state index in [0.29, 0.717) is 24.0 Å². The number of anilines is 1. The number of hydrogen-bond acceptors (Lipinski definition) is 7. The Hall–Kier alpha value is -2.29. The molecule has 1 saturated heterocycles. The Bertz CT molecular complexity index is 1260. The maximum absolute atomic E-state index is 13.3. The predicted molar refractivity (Wildman–Crippen MR) is 145 cm³/mol. The molecule has 6 rings (SSSR count). The lowest BCUT2D eigenvalue weighted by molar-refractivity contribution is 0.0910. The van der Waals surface area contributed by atoms with Crippen LogP contribution in [0.15, 0.2) is 40.7 Å². The minimum absolute atomic E-state index is 0.0183. The number of Topliss-reactive ketones (excluding diaryl/α,β-unsaturated/α-hetero) is 1. The van der Waals surface area contributed by atoms with Gasteiger partial charge >= 0.3 is 0 Å². The molecular weight excluding hydrogens is 490 g/mol. The van der Waals surface area contributed by atoms with Gasteiger partial charge < -0.3 is 14.8 Å². The Morgan fingerprint density at radius 3 is 2.72 bits per heavy atom. The van der Waals surface area contributed by atoms with Gasteiger partial charge in [0.2, 0.25) is 0 Å². The van der Waals surface area contributed by atoms with Crippen LogP contribution in [0, 0.1) is 5.41 Å². The Labute approximate surface area is 220 Å². The minimum Gasteiger partial charge on any atom is -0.497 e. The lowest BCUT2D eigenvalue weighted by Gasteiger charge is -2.29. The predicted octanol–water partition coefficient (Wildman–Crippen LogP) is 6.82. The number of thiophene rings is 1. The van der Waals surface area contributed by atoms with Crippen LogP contribution in [-0.2, 0) is 11.2 Å². The molecular formula is C28H33N3O3S2. The number of rotatable bonds is 8. The first kappa shape index (κ1) is 24.1. The third-order valence-corrected chi connectivity index (χ3v) is 10.2. The summed E-state index contributed by atoms with van der Waals surface area (Å²) in [5.74, 6) is 1.15. The summed E-state index contributed by atoms with van der Waals surface area (Å²) in [4.78, 5) is 14.4. The van der Waals surface area contributed by atoms with Gasteiger partial charge in [0.05, 0.1) is 16.2 Å². The molecule has 3 aromatic rings. The zero-order valence-corrected chi connectivity index (χ0v) is 22.7. The van der Waals surface area contributed by atoms with Gasteiger partial charge in [-0.25, -0.2) is 4.68 Å². The molecule has 6 nitrogen and oxygen atoms in total. The van der Waals surface area contributed by atoms with E-state index in [-0.39, 0.29) is 17.7 Å². The van der Waals surface area contributed by atoms with Crippen LogP contribution < -0.4 is 10.1 Å². The maximum Gasteiger partial charge on any atom is 0.178 e. The van der Waals surface area contributed by atoms with Gasteiger partial charge in [-0.05, 0) is 60.6 Å². The average Bonchev–Trinajstić information content (AvgIpc) is 3.21. The number of aromatic nitrogens is 2. The van der Waals surface area contributed by atoms with Crippen molar-refractivity contribution in [3.8, 4) is 16.3 Å². The van der Waals surface area contributed by atoms with Crippen LogP contribution in [0.4, 0.5) is 5.69 Å². The molecule has 1 aliphatic heterocycles. The molecule has 2 unspecified atom stereocenters. The van der Waals surface area contributed by atoms with E-state index >= 15 is 0 Å². The zero-order chi connectivity index (χ0) is 24.9. The summed E-state index contributed by atoms with van der Waals surface area (Å²) in [7, 11) is 1.67. The molecule has 0 radical (unpaired) electrons. The van der Waals surface area contributed by atoms with Crippen molar-refractivity contribution in [2.45, 2.75) is 74.2 Å². The van der Waals surface area contributed by atoms with Crippen molar-refractivity contribution in [1.29, 1.82) is 0 Å². The molecule has 0 bridgehead atoms. The molecule has 0 amide bonds. The second kappa shape index (κ2) is 9.54. The van der Waals surface area contributed by atoms with Crippen LogP contribution in [0.25, 0.3) is 10.6 Å². The molecule has 1 aromatic carbocycles. The van der Waals surface area contributed by atoms with Crippen molar-refractivity contribution >= 4 is 34.6 Å². The summed E-state index contributed by atoms with van der Waals surface area (Å²) in [6, 6.07) is 9.98. The van der Waals surface area contributed by atoms with Crippen molar-refractivity contribution in [1.82, 2.24) is 9.78 Å². The van der Waals surface area contributed by atoms with Gasteiger partial charge in [0.25, 0.3) is 0 Å². The average molecular weight is 524 g/mol. The Balaban J connectivity index is 1.19. The number of carbonyl (C=O) groups is 1. The standard InChI is InChI=1S/C28H33N3O3S2/c1-28(2)14-20-24(22(32)15-28)27(35-19-6-4-5-7-19)36-25(20)21-12-13-31(30-21)26-23(34-26)16-29-17-8-10-18(33-3)11-9-17/h8-13,19,23,26,29H,4-7,14-16H2,1-3H3. The lowest BCUT2D eigenvalue weighted by atomic mass is 9.74. The molecule has 1 saturated carbocycles. The molecule has 2 aliphatic carbocycles. The largest absolute Gasteiger partial charge is 0.497 e. The smallest absolute Gasteiger partial charge is 0.178 e. The molecule has 1 N–H and O–H groups in total. The number of fused-ring (bicyclic) bond motifs is 1. The summed E-state index contributed by atoms with van der Waals surface area (Å²) < 4.78 is 14.3. The first-order valence-corrected chi connectivity index (χ1v) is 14.5. The lowest BCUT2D eigenvalue weighted by Crippen LogP contribution is -2.26.